The molecular weight excluding hydrogens is 220 g/mol. The fourth-order valence-corrected chi connectivity index (χ4v) is 2.04. The van der Waals surface area contributed by atoms with Crippen LogP contribution in [-0.2, 0) is 0 Å². The van der Waals surface area contributed by atoms with E-state index < -0.39 is 0 Å². The highest BCUT2D eigenvalue weighted by atomic mass is 35.5. The van der Waals surface area contributed by atoms with Gasteiger partial charge in [0.05, 0.1) is 0 Å². The van der Waals surface area contributed by atoms with Crippen molar-refractivity contribution in [3.63, 3.8) is 0 Å². The van der Waals surface area contributed by atoms with Crippen molar-refractivity contribution in [2.24, 2.45) is 5.73 Å². The van der Waals surface area contributed by atoms with Crippen molar-refractivity contribution in [1.82, 2.24) is 4.90 Å². The van der Waals surface area contributed by atoms with Crippen LogP contribution in [-0.4, -0.2) is 25.0 Å². The molecule has 0 aliphatic heterocycles. The van der Waals surface area contributed by atoms with Crippen LogP contribution in [0.5, 0.6) is 0 Å². The van der Waals surface area contributed by atoms with E-state index in [0.717, 1.165) is 31.0 Å². The van der Waals surface area contributed by atoms with Crippen LogP contribution >= 0.6 is 11.6 Å². The third kappa shape index (κ3) is 3.78. The molecule has 3 heteroatoms. The average molecular weight is 241 g/mol. The van der Waals surface area contributed by atoms with E-state index in [2.05, 4.69) is 24.9 Å². The number of benzene rings is 1. The minimum atomic E-state index is 0.353. The Labute approximate surface area is 103 Å². The Morgan fingerprint density at radius 2 is 2.00 bits per heavy atom. The first-order valence-electron chi connectivity index (χ1n) is 5.81. The summed E-state index contributed by atoms with van der Waals surface area (Å²) in [6, 6.07) is 8.39. The normalized spacial score (nSPS) is 13.1. The number of nitrogens with zero attached hydrogens (tertiary/aromatic N) is 1. The molecule has 1 rings (SSSR count). The molecule has 0 fully saturated rings. The molecule has 2 N–H and O–H groups in total. The second-order valence-corrected chi connectivity index (χ2v) is 4.58. The number of unbranched alkanes of at least 4 members (excludes halogenated alkanes) is 1. The van der Waals surface area contributed by atoms with Crippen LogP contribution in [0, 0.1) is 0 Å². The summed E-state index contributed by atoms with van der Waals surface area (Å²) in [7, 11) is 2.13. The molecule has 0 aromatic heterocycles. The number of rotatable bonds is 6. The van der Waals surface area contributed by atoms with E-state index in [1.807, 2.05) is 18.2 Å². The van der Waals surface area contributed by atoms with E-state index in [0.29, 0.717) is 6.04 Å². The first kappa shape index (κ1) is 13.5. The lowest BCUT2D eigenvalue weighted by Gasteiger charge is -2.25. The molecule has 0 saturated carbocycles. The average Bonchev–Trinajstić information content (AvgIpc) is 2.29. The molecule has 0 amide bonds. The summed E-state index contributed by atoms with van der Waals surface area (Å²) in [5.41, 5.74) is 6.68. The maximum absolute atomic E-state index is 6.18. The lowest BCUT2D eigenvalue weighted by Crippen LogP contribution is -2.24. The highest BCUT2D eigenvalue weighted by Crippen LogP contribution is 2.26. The molecule has 0 heterocycles. The Kier molecular flexibility index (Phi) is 5.81. The molecule has 1 unspecified atom stereocenters. The monoisotopic (exact) mass is 240 g/mol. The molecule has 1 atom stereocenters. The summed E-state index contributed by atoms with van der Waals surface area (Å²) in [4.78, 5) is 2.32. The Bertz CT molecular complexity index is 315. The molecule has 1 aromatic carbocycles. The van der Waals surface area contributed by atoms with Crippen LogP contribution in [0.1, 0.15) is 31.4 Å². The molecule has 90 valence electrons. The van der Waals surface area contributed by atoms with E-state index in [-0.39, 0.29) is 0 Å². The van der Waals surface area contributed by atoms with Gasteiger partial charge in [-0.15, -0.1) is 0 Å². The first-order chi connectivity index (χ1) is 7.66. The standard InChI is InChI=1S/C13H21ClN2/c1-11(16(2)10-6-5-9-15)12-7-3-4-8-13(12)14/h3-4,7-8,11H,5-6,9-10,15H2,1-2H3. The fourth-order valence-electron chi connectivity index (χ4n) is 1.75. The van der Waals surface area contributed by atoms with Crippen molar-refractivity contribution in [1.29, 1.82) is 0 Å². The van der Waals surface area contributed by atoms with Gasteiger partial charge in [0.25, 0.3) is 0 Å². The van der Waals surface area contributed by atoms with Gasteiger partial charge in [0, 0.05) is 11.1 Å². The maximum atomic E-state index is 6.18. The summed E-state index contributed by atoms with van der Waals surface area (Å²) < 4.78 is 0. The van der Waals surface area contributed by atoms with Crippen LogP contribution in [0.2, 0.25) is 5.02 Å². The van der Waals surface area contributed by atoms with Gasteiger partial charge in [-0.05, 0) is 51.5 Å². The Hall–Kier alpha value is -0.570. The Balaban J connectivity index is 2.56. The molecule has 0 saturated heterocycles. The third-order valence-corrected chi connectivity index (χ3v) is 3.33. The second kappa shape index (κ2) is 6.89. The summed E-state index contributed by atoms with van der Waals surface area (Å²) in [5.74, 6) is 0. The smallest absolute Gasteiger partial charge is 0.0453 e. The van der Waals surface area contributed by atoms with Gasteiger partial charge >= 0.3 is 0 Å². The molecule has 2 nitrogen and oxygen atoms in total. The quantitative estimate of drug-likeness (QED) is 0.775. The molecule has 0 aliphatic rings. The molecule has 0 radical (unpaired) electrons. The molecule has 16 heavy (non-hydrogen) atoms. The van der Waals surface area contributed by atoms with Crippen molar-refractivity contribution >= 4 is 11.6 Å². The molecule has 0 bridgehead atoms. The topological polar surface area (TPSA) is 29.3 Å². The molecule has 0 spiro atoms. The maximum Gasteiger partial charge on any atom is 0.0453 e. The largest absolute Gasteiger partial charge is 0.330 e. The van der Waals surface area contributed by atoms with Gasteiger partial charge in [-0.2, -0.15) is 0 Å². The second-order valence-electron chi connectivity index (χ2n) is 4.17. The lowest BCUT2D eigenvalue weighted by molar-refractivity contribution is 0.257. The van der Waals surface area contributed by atoms with Crippen molar-refractivity contribution in [3.8, 4) is 0 Å². The predicted octanol–water partition coefficient (Wildman–Crippen LogP) is 3.07. The zero-order chi connectivity index (χ0) is 12.0. The van der Waals surface area contributed by atoms with Crippen LogP contribution in [0.3, 0.4) is 0 Å². The van der Waals surface area contributed by atoms with Gasteiger partial charge in [-0.3, -0.25) is 4.90 Å². The SMILES string of the molecule is CC(c1ccccc1Cl)N(C)CCCCN. The number of nitrogens with two attached hydrogens (primary N) is 1. The summed E-state index contributed by atoms with van der Waals surface area (Å²) in [6.07, 6.45) is 2.22. The van der Waals surface area contributed by atoms with Crippen LogP contribution < -0.4 is 5.73 Å². The van der Waals surface area contributed by atoms with Gasteiger partial charge in [0.1, 0.15) is 0 Å². The minimum Gasteiger partial charge on any atom is -0.330 e. The van der Waals surface area contributed by atoms with Gasteiger partial charge in [0.15, 0.2) is 0 Å². The minimum absolute atomic E-state index is 0.353. The van der Waals surface area contributed by atoms with Gasteiger partial charge in [-0.1, -0.05) is 29.8 Å². The molecule has 0 aliphatic carbocycles. The van der Waals surface area contributed by atoms with E-state index in [1.165, 1.54) is 5.56 Å². The van der Waals surface area contributed by atoms with Crippen molar-refractivity contribution in [2.75, 3.05) is 20.1 Å². The van der Waals surface area contributed by atoms with E-state index in [9.17, 15) is 0 Å². The zero-order valence-corrected chi connectivity index (χ0v) is 10.9. The summed E-state index contributed by atoms with van der Waals surface area (Å²) in [6.45, 7) is 4.02. The number of hydrogen-bond donors (Lipinski definition) is 1. The van der Waals surface area contributed by atoms with E-state index >= 15 is 0 Å². The van der Waals surface area contributed by atoms with Gasteiger partial charge < -0.3 is 5.73 Å². The fraction of sp³-hybridized carbons (Fsp3) is 0.538. The van der Waals surface area contributed by atoms with Crippen molar-refractivity contribution in [3.05, 3.63) is 34.9 Å². The third-order valence-electron chi connectivity index (χ3n) is 2.98. The lowest BCUT2D eigenvalue weighted by atomic mass is 10.1. The van der Waals surface area contributed by atoms with Gasteiger partial charge in [0.2, 0.25) is 0 Å². The van der Waals surface area contributed by atoms with Crippen molar-refractivity contribution in [2.45, 2.75) is 25.8 Å². The summed E-state index contributed by atoms with van der Waals surface area (Å²) >= 11 is 6.18. The zero-order valence-electron chi connectivity index (χ0n) is 10.1. The van der Waals surface area contributed by atoms with Crippen LogP contribution in [0.15, 0.2) is 24.3 Å². The van der Waals surface area contributed by atoms with E-state index in [1.54, 1.807) is 0 Å². The van der Waals surface area contributed by atoms with Crippen LogP contribution in [0.25, 0.3) is 0 Å². The van der Waals surface area contributed by atoms with Crippen molar-refractivity contribution < 1.29 is 0 Å². The van der Waals surface area contributed by atoms with Gasteiger partial charge in [-0.25, -0.2) is 0 Å². The number of hydrogen-bond acceptors (Lipinski definition) is 2. The molecular formula is C13H21ClN2. The predicted molar refractivity (Wildman–Crippen MR) is 70.8 cm³/mol. The Morgan fingerprint density at radius 1 is 1.31 bits per heavy atom. The van der Waals surface area contributed by atoms with Crippen LogP contribution in [0.4, 0.5) is 0 Å². The summed E-state index contributed by atoms with van der Waals surface area (Å²) in [5, 5.41) is 0.848. The Morgan fingerprint density at radius 3 is 2.62 bits per heavy atom. The first-order valence-corrected chi connectivity index (χ1v) is 6.19. The molecule has 1 aromatic rings. The highest BCUT2D eigenvalue weighted by Gasteiger charge is 2.13. The number of halogens is 1. The van der Waals surface area contributed by atoms with E-state index in [4.69, 9.17) is 17.3 Å². The highest BCUT2D eigenvalue weighted by molar-refractivity contribution is 6.31.